The molecule has 1 aromatic rings. The number of amides is 1. The van der Waals surface area contributed by atoms with Crippen molar-refractivity contribution in [3.63, 3.8) is 0 Å². The van der Waals surface area contributed by atoms with Crippen molar-refractivity contribution < 1.29 is 13.6 Å². The molecule has 0 bridgehead atoms. The van der Waals surface area contributed by atoms with Gasteiger partial charge in [-0.1, -0.05) is 6.92 Å². The fourth-order valence-electron chi connectivity index (χ4n) is 1.42. The Morgan fingerprint density at radius 2 is 1.78 bits per heavy atom. The quantitative estimate of drug-likeness (QED) is 0.850. The Bertz CT molecular complexity index is 403. The van der Waals surface area contributed by atoms with E-state index >= 15 is 0 Å². The number of rotatable bonds is 5. The van der Waals surface area contributed by atoms with Gasteiger partial charge in [-0.05, 0) is 32.4 Å². The highest BCUT2D eigenvalue weighted by Gasteiger charge is 2.14. The lowest BCUT2D eigenvalue weighted by Crippen LogP contribution is -2.41. The number of carbonyl (C=O) groups is 1. The lowest BCUT2D eigenvalue weighted by molar-refractivity contribution is -0.122. The average Bonchev–Trinajstić information content (AvgIpc) is 2.27. The van der Waals surface area contributed by atoms with E-state index in [-0.39, 0.29) is 17.6 Å². The number of hydrogen-bond donors (Lipinski definition) is 2. The van der Waals surface area contributed by atoms with Crippen molar-refractivity contribution in [3.05, 3.63) is 29.8 Å². The van der Waals surface area contributed by atoms with Crippen LogP contribution in [0, 0.1) is 11.6 Å². The molecule has 18 heavy (non-hydrogen) atoms. The van der Waals surface area contributed by atoms with Crippen LogP contribution in [-0.2, 0) is 4.79 Å². The van der Waals surface area contributed by atoms with E-state index in [0.29, 0.717) is 0 Å². The molecule has 0 saturated heterocycles. The highest BCUT2D eigenvalue weighted by Crippen LogP contribution is 2.13. The number of carbonyl (C=O) groups excluding carboxylic acids is 1. The molecule has 3 nitrogen and oxygen atoms in total. The lowest BCUT2D eigenvalue weighted by atomic mass is 10.2. The molecule has 5 heteroatoms. The van der Waals surface area contributed by atoms with Gasteiger partial charge in [-0.2, -0.15) is 0 Å². The van der Waals surface area contributed by atoms with Gasteiger partial charge in [-0.3, -0.25) is 4.79 Å². The molecule has 0 aliphatic heterocycles. The zero-order chi connectivity index (χ0) is 13.7. The largest absolute Gasteiger partial charge is 0.374 e. The monoisotopic (exact) mass is 256 g/mol. The summed E-state index contributed by atoms with van der Waals surface area (Å²) >= 11 is 0. The molecule has 0 aliphatic carbocycles. The normalized spacial score (nSPS) is 13.8. The predicted molar refractivity (Wildman–Crippen MR) is 67.3 cm³/mol. The van der Waals surface area contributed by atoms with Crippen LogP contribution in [0.2, 0.25) is 0 Å². The van der Waals surface area contributed by atoms with E-state index in [9.17, 15) is 13.6 Å². The zero-order valence-electron chi connectivity index (χ0n) is 10.8. The van der Waals surface area contributed by atoms with E-state index in [1.807, 2.05) is 13.8 Å². The Kier molecular flexibility index (Phi) is 5.07. The predicted octanol–water partition coefficient (Wildman–Crippen LogP) is 2.68. The zero-order valence-corrected chi connectivity index (χ0v) is 10.8. The summed E-state index contributed by atoms with van der Waals surface area (Å²) in [5, 5.41) is 5.55. The van der Waals surface area contributed by atoms with Crippen molar-refractivity contribution in [1.29, 1.82) is 0 Å². The molecule has 0 radical (unpaired) electrons. The number of nitrogens with one attached hydrogen (secondary N) is 2. The maximum Gasteiger partial charge on any atom is 0.242 e. The molecule has 2 unspecified atom stereocenters. The fraction of sp³-hybridized carbons (Fsp3) is 0.462. The van der Waals surface area contributed by atoms with E-state index in [2.05, 4.69) is 10.6 Å². The van der Waals surface area contributed by atoms with Gasteiger partial charge in [0.15, 0.2) is 0 Å². The Hall–Kier alpha value is -1.65. The Morgan fingerprint density at radius 3 is 2.28 bits per heavy atom. The summed E-state index contributed by atoms with van der Waals surface area (Å²) in [6.45, 7) is 5.50. The second-order valence-corrected chi connectivity index (χ2v) is 4.34. The van der Waals surface area contributed by atoms with Crippen LogP contribution < -0.4 is 10.6 Å². The third-order valence-electron chi connectivity index (χ3n) is 2.64. The topological polar surface area (TPSA) is 41.1 Å². The highest BCUT2D eigenvalue weighted by atomic mass is 19.1. The Morgan fingerprint density at radius 1 is 1.22 bits per heavy atom. The summed E-state index contributed by atoms with van der Waals surface area (Å²) in [7, 11) is 0. The number of hydrogen-bond acceptors (Lipinski definition) is 2. The van der Waals surface area contributed by atoms with Crippen LogP contribution >= 0.6 is 0 Å². The first-order valence-electron chi connectivity index (χ1n) is 5.95. The molecule has 0 fully saturated rings. The molecule has 0 aromatic heterocycles. The van der Waals surface area contributed by atoms with Gasteiger partial charge in [0.1, 0.15) is 17.7 Å². The van der Waals surface area contributed by atoms with Gasteiger partial charge in [0.25, 0.3) is 0 Å². The minimum Gasteiger partial charge on any atom is -0.374 e. The molecule has 1 amide bonds. The van der Waals surface area contributed by atoms with E-state index in [1.54, 1.807) is 6.92 Å². The standard InChI is InChI=1S/C13H18F2N2O/c1-4-8(2)16-13(18)9(3)17-12-6-10(14)5-11(15)7-12/h5-9,17H,4H2,1-3H3,(H,16,18). The number of halogens is 2. The van der Waals surface area contributed by atoms with Gasteiger partial charge in [0.05, 0.1) is 0 Å². The first-order chi connectivity index (χ1) is 8.42. The van der Waals surface area contributed by atoms with E-state index in [0.717, 1.165) is 24.6 Å². The van der Waals surface area contributed by atoms with Crippen molar-refractivity contribution in [2.45, 2.75) is 39.3 Å². The maximum atomic E-state index is 13.0. The van der Waals surface area contributed by atoms with Gasteiger partial charge in [-0.25, -0.2) is 8.78 Å². The van der Waals surface area contributed by atoms with Crippen LogP contribution in [0.15, 0.2) is 18.2 Å². The van der Waals surface area contributed by atoms with Gasteiger partial charge in [-0.15, -0.1) is 0 Å². The minimum atomic E-state index is -0.674. The van der Waals surface area contributed by atoms with Crippen molar-refractivity contribution in [3.8, 4) is 0 Å². The number of benzene rings is 1. The summed E-state index contributed by atoms with van der Waals surface area (Å²) in [5.41, 5.74) is 0.249. The SMILES string of the molecule is CCC(C)NC(=O)C(C)Nc1cc(F)cc(F)c1. The first kappa shape index (κ1) is 14.4. The van der Waals surface area contributed by atoms with Crippen LogP contribution in [0.5, 0.6) is 0 Å². The van der Waals surface area contributed by atoms with Crippen LogP contribution in [-0.4, -0.2) is 18.0 Å². The Balaban J connectivity index is 2.63. The van der Waals surface area contributed by atoms with Crippen molar-refractivity contribution in [2.75, 3.05) is 5.32 Å². The average molecular weight is 256 g/mol. The third-order valence-corrected chi connectivity index (χ3v) is 2.64. The van der Waals surface area contributed by atoms with Gasteiger partial charge in [0, 0.05) is 17.8 Å². The molecule has 1 rings (SSSR count). The first-order valence-corrected chi connectivity index (χ1v) is 5.95. The third kappa shape index (κ3) is 4.31. The molecule has 0 aliphatic rings. The Labute approximate surface area is 106 Å². The van der Waals surface area contributed by atoms with Gasteiger partial charge >= 0.3 is 0 Å². The fourth-order valence-corrected chi connectivity index (χ4v) is 1.42. The molecule has 0 spiro atoms. The highest BCUT2D eigenvalue weighted by molar-refractivity contribution is 5.84. The van der Waals surface area contributed by atoms with E-state index in [1.165, 1.54) is 0 Å². The van der Waals surface area contributed by atoms with Crippen LogP contribution in [0.1, 0.15) is 27.2 Å². The summed E-state index contributed by atoms with van der Waals surface area (Å²) in [6, 6.07) is 2.60. The molecule has 100 valence electrons. The van der Waals surface area contributed by atoms with Crippen LogP contribution in [0.25, 0.3) is 0 Å². The maximum absolute atomic E-state index is 13.0. The molecular weight excluding hydrogens is 238 g/mol. The minimum absolute atomic E-state index is 0.0750. The van der Waals surface area contributed by atoms with Gasteiger partial charge in [0.2, 0.25) is 5.91 Å². The lowest BCUT2D eigenvalue weighted by Gasteiger charge is -2.18. The van der Waals surface area contributed by atoms with Crippen molar-refractivity contribution in [1.82, 2.24) is 5.32 Å². The summed E-state index contributed by atoms with van der Waals surface area (Å²) < 4.78 is 25.9. The molecule has 2 N–H and O–H groups in total. The smallest absolute Gasteiger partial charge is 0.242 e. The summed E-state index contributed by atoms with van der Waals surface area (Å²) in [5.74, 6) is -1.55. The number of anilines is 1. The molecular formula is C13H18F2N2O. The molecule has 0 heterocycles. The van der Waals surface area contributed by atoms with Gasteiger partial charge < -0.3 is 10.6 Å². The molecule has 2 atom stereocenters. The van der Waals surface area contributed by atoms with E-state index < -0.39 is 17.7 Å². The van der Waals surface area contributed by atoms with Crippen molar-refractivity contribution >= 4 is 11.6 Å². The molecule has 0 saturated carbocycles. The second-order valence-electron chi connectivity index (χ2n) is 4.34. The van der Waals surface area contributed by atoms with E-state index in [4.69, 9.17) is 0 Å². The summed E-state index contributed by atoms with van der Waals surface area (Å²) in [6.07, 6.45) is 0.826. The van der Waals surface area contributed by atoms with Crippen molar-refractivity contribution in [2.24, 2.45) is 0 Å². The second kappa shape index (κ2) is 6.33. The van der Waals surface area contributed by atoms with Crippen LogP contribution in [0.3, 0.4) is 0 Å². The molecule has 1 aromatic carbocycles. The summed E-state index contributed by atoms with van der Waals surface area (Å²) in [4.78, 5) is 11.7. The van der Waals surface area contributed by atoms with Crippen LogP contribution in [0.4, 0.5) is 14.5 Å².